The maximum Gasteiger partial charge on any atom is 0.309 e. The van der Waals surface area contributed by atoms with Crippen molar-refractivity contribution < 1.29 is 21.0 Å². The molecule has 0 amide bonds. The molecule has 3 aromatic rings. The molecule has 1 heterocycles. The van der Waals surface area contributed by atoms with Crippen LogP contribution in [0.1, 0.15) is 29.6 Å². The monoisotopic (exact) mass is 555 g/mol. The molecule has 1 aliphatic heterocycles. The van der Waals surface area contributed by atoms with Crippen molar-refractivity contribution >= 4 is 20.1 Å². The van der Waals surface area contributed by atoms with E-state index in [9.17, 15) is 16.8 Å². The van der Waals surface area contributed by atoms with Gasteiger partial charge in [0.1, 0.15) is 12.4 Å². The molecule has 0 saturated heterocycles. The molecule has 0 saturated carbocycles. The second kappa shape index (κ2) is 12.0. The molecular weight excluding hydrogens is 524 g/mol. The lowest BCUT2D eigenvalue weighted by molar-refractivity contribution is 0.377. The number of hydrogen-bond acceptors (Lipinski definition) is 8. The summed E-state index contributed by atoms with van der Waals surface area (Å²) in [6.07, 6.45) is 4.10. The van der Waals surface area contributed by atoms with Gasteiger partial charge < -0.3 is 19.7 Å². The highest BCUT2D eigenvalue weighted by atomic mass is 32.2. The first-order chi connectivity index (χ1) is 18.1. The van der Waals surface area contributed by atoms with Crippen LogP contribution in [0.3, 0.4) is 0 Å². The van der Waals surface area contributed by atoms with Gasteiger partial charge in [-0.15, -0.1) is 0 Å². The minimum absolute atomic E-state index is 0.0380. The molecule has 0 unspecified atom stereocenters. The van der Waals surface area contributed by atoms with Gasteiger partial charge in [-0.3, -0.25) is 0 Å². The molecular formula is C27H31N4O5S2. The van der Waals surface area contributed by atoms with E-state index >= 15 is 0 Å². The maximum atomic E-state index is 13.3. The Morgan fingerprint density at radius 1 is 0.842 bits per heavy atom. The van der Waals surface area contributed by atoms with Crippen molar-refractivity contribution in [1.29, 1.82) is 0 Å². The molecule has 3 aromatic carbocycles. The number of rotatable bonds is 12. The summed E-state index contributed by atoms with van der Waals surface area (Å²) in [6, 6.07) is 22.3. The van der Waals surface area contributed by atoms with Crippen LogP contribution in [0.15, 0.2) is 102 Å². The first-order valence-electron chi connectivity index (χ1n) is 12.0. The van der Waals surface area contributed by atoms with Crippen LogP contribution in [0.2, 0.25) is 0 Å². The molecule has 2 atom stereocenters. The van der Waals surface area contributed by atoms with E-state index in [-0.39, 0.29) is 16.4 Å². The second-order valence-electron chi connectivity index (χ2n) is 8.93. The highest BCUT2D eigenvalue weighted by molar-refractivity contribution is 7.89. The molecule has 1 aliphatic rings. The van der Waals surface area contributed by atoms with E-state index in [1.165, 1.54) is 24.3 Å². The van der Waals surface area contributed by atoms with Gasteiger partial charge in [0.2, 0.25) is 10.0 Å². The van der Waals surface area contributed by atoms with Gasteiger partial charge in [-0.2, -0.15) is 8.42 Å². The van der Waals surface area contributed by atoms with Gasteiger partial charge in [0.05, 0.1) is 22.7 Å². The second-order valence-corrected chi connectivity index (χ2v) is 12.3. The molecule has 38 heavy (non-hydrogen) atoms. The average Bonchev–Trinajstić information content (AvgIpc) is 3.32. The summed E-state index contributed by atoms with van der Waals surface area (Å²) in [7, 11) is -5.96. The Morgan fingerprint density at radius 2 is 1.45 bits per heavy atom. The first kappa shape index (κ1) is 27.6. The van der Waals surface area contributed by atoms with Gasteiger partial charge in [-0.25, -0.2) is 13.1 Å². The fourth-order valence-corrected chi connectivity index (χ4v) is 6.25. The average molecular weight is 556 g/mol. The van der Waals surface area contributed by atoms with E-state index in [1.807, 2.05) is 96.6 Å². The summed E-state index contributed by atoms with van der Waals surface area (Å²) in [4.78, 5) is 3.71. The molecule has 9 nitrogen and oxygen atoms in total. The van der Waals surface area contributed by atoms with E-state index < -0.39 is 32.2 Å². The van der Waals surface area contributed by atoms with Gasteiger partial charge in [0.15, 0.2) is 0 Å². The Morgan fingerprint density at radius 3 is 2.03 bits per heavy atom. The number of hydrogen-bond donors (Lipinski definition) is 2. The van der Waals surface area contributed by atoms with E-state index in [1.54, 1.807) is 0 Å². The number of nitrogens with two attached hydrogens (primary N) is 1. The third-order valence-corrected chi connectivity index (χ3v) is 8.67. The third kappa shape index (κ3) is 7.35. The zero-order valence-electron chi connectivity index (χ0n) is 20.9. The molecule has 1 radical (unpaired) electrons. The number of sulfonamides is 1. The van der Waals surface area contributed by atoms with Crippen molar-refractivity contribution in [3.05, 3.63) is 115 Å². The van der Waals surface area contributed by atoms with Crippen molar-refractivity contribution in [1.82, 2.24) is 14.5 Å². The molecule has 11 heteroatoms. The molecule has 0 aliphatic carbocycles. The standard InChI is InChI=1S/C27H31N4O5S2/c1-30-18-19-31(21-30)17-8-20-37(32,33)36-24-13-15-25(16-14-24)38(34,35)29-27(23-11-6-3-7-12-23)26(28)22-9-4-2-5-10-22/h2-7,9-16,18-19,21,26-27,29H,8,17,20,28H2,1H3/t26-,27-/m0/s1. The van der Waals surface area contributed by atoms with Crippen molar-refractivity contribution in [2.45, 2.75) is 23.4 Å². The fourth-order valence-electron chi connectivity index (χ4n) is 4.03. The van der Waals surface area contributed by atoms with Gasteiger partial charge in [-0.05, 0) is 41.8 Å². The van der Waals surface area contributed by atoms with Crippen molar-refractivity contribution in [2.24, 2.45) is 5.73 Å². The van der Waals surface area contributed by atoms with Crippen molar-refractivity contribution in [3.63, 3.8) is 0 Å². The lowest BCUT2D eigenvalue weighted by Gasteiger charge is -2.26. The van der Waals surface area contributed by atoms with Crippen LogP contribution in [0.4, 0.5) is 0 Å². The zero-order chi connectivity index (χ0) is 27.2. The SMILES string of the molecule is CN1[CH]N(CCCS(=O)(=O)Oc2ccc(S(=O)(=O)N[C@@H](c3ccccc3)[C@@H](N)c3ccccc3)cc2)C=C1. The summed E-state index contributed by atoms with van der Waals surface area (Å²) in [6.45, 7) is 2.38. The quantitative estimate of drug-likeness (QED) is 0.327. The van der Waals surface area contributed by atoms with Gasteiger partial charge in [0.25, 0.3) is 0 Å². The van der Waals surface area contributed by atoms with Crippen LogP contribution in [-0.2, 0) is 20.1 Å². The Balaban J connectivity index is 1.43. The van der Waals surface area contributed by atoms with E-state index in [0.29, 0.717) is 18.5 Å². The summed E-state index contributed by atoms with van der Waals surface area (Å²) < 4.78 is 59.3. The van der Waals surface area contributed by atoms with E-state index in [0.717, 1.165) is 5.56 Å². The summed E-state index contributed by atoms with van der Waals surface area (Å²) in [5, 5.41) is 0. The summed E-state index contributed by atoms with van der Waals surface area (Å²) >= 11 is 0. The third-order valence-electron chi connectivity index (χ3n) is 5.98. The molecule has 0 aromatic heterocycles. The molecule has 4 rings (SSSR count). The van der Waals surface area contributed by atoms with Crippen molar-refractivity contribution in [2.75, 3.05) is 19.3 Å². The number of nitrogens with one attached hydrogen (secondary N) is 1. The minimum Gasteiger partial charge on any atom is -0.382 e. The first-order valence-corrected chi connectivity index (χ1v) is 15.1. The maximum absolute atomic E-state index is 13.3. The Hall–Kier alpha value is -3.38. The Kier molecular flexibility index (Phi) is 8.72. The van der Waals surface area contributed by atoms with Gasteiger partial charge in [-0.1, -0.05) is 60.7 Å². The zero-order valence-corrected chi connectivity index (χ0v) is 22.6. The number of benzene rings is 3. The Labute approximate surface area is 224 Å². The normalized spacial score (nSPS) is 15.4. The Bertz CT molecular complexity index is 1430. The van der Waals surface area contributed by atoms with Crippen LogP contribution >= 0.6 is 0 Å². The van der Waals surface area contributed by atoms with Crippen LogP contribution in [0.5, 0.6) is 5.75 Å². The predicted molar refractivity (Wildman–Crippen MR) is 146 cm³/mol. The van der Waals surface area contributed by atoms with Gasteiger partial charge >= 0.3 is 10.1 Å². The molecule has 0 spiro atoms. The molecule has 201 valence electrons. The highest BCUT2D eigenvalue weighted by Gasteiger charge is 2.27. The topological polar surface area (TPSA) is 122 Å². The largest absolute Gasteiger partial charge is 0.382 e. The molecule has 0 fully saturated rings. The predicted octanol–water partition coefficient (Wildman–Crippen LogP) is 3.34. The smallest absolute Gasteiger partial charge is 0.309 e. The lowest BCUT2D eigenvalue weighted by Crippen LogP contribution is -2.36. The summed E-state index contributed by atoms with van der Waals surface area (Å²) in [5.74, 6) is -0.135. The van der Waals surface area contributed by atoms with Crippen molar-refractivity contribution in [3.8, 4) is 5.75 Å². The van der Waals surface area contributed by atoms with Crippen LogP contribution in [0, 0.1) is 6.67 Å². The van der Waals surface area contributed by atoms with E-state index in [4.69, 9.17) is 9.92 Å². The van der Waals surface area contributed by atoms with Crippen LogP contribution < -0.4 is 14.6 Å². The summed E-state index contributed by atoms with van der Waals surface area (Å²) in [5.41, 5.74) is 8.01. The van der Waals surface area contributed by atoms with Crippen LogP contribution in [-0.4, -0.2) is 46.0 Å². The highest BCUT2D eigenvalue weighted by Crippen LogP contribution is 2.29. The van der Waals surface area contributed by atoms with Crippen LogP contribution in [0.25, 0.3) is 0 Å². The lowest BCUT2D eigenvalue weighted by atomic mass is 9.95. The van der Waals surface area contributed by atoms with Gasteiger partial charge in [0, 0.05) is 26.0 Å². The minimum atomic E-state index is -4.00. The fraction of sp³-hybridized carbons (Fsp3) is 0.222. The molecule has 0 bridgehead atoms. The molecule has 3 N–H and O–H groups in total. The van der Waals surface area contributed by atoms with E-state index in [2.05, 4.69) is 4.72 Å². The number of nitrogens with zero attached hydrogens (tertiary/aromatic N) is 2.